The van der Waals surface area contributed by atoms with Crippen LogP contribution >= 0.6 is 23.8 Å². The highest BCUT2D eigenvalue weighted by Gasteiger charge is 2.29. The molecule has 0 bridgehead atoms. The van der Waals surface area contributed by atoms with Gasteiger partial charge in [-0.15, -0.1) is 0 Å². The molecule has 8 heavy (non-hydrogen) atoms. The predicted molar refractivity (Wildman–Crippen MR) is 29.0 cm³/mol. The van der Waals surface area contributed by atoms with Crippen molar-refractivity contribution in [2.45, 2.75) is 0 Å². The Morgan fingerprint density at radius 2 is 2.50 bits per heavy atom. The first-order valence-corrected chi connectivity index (χ1v) is 3.95. The van der Waals surface area contributed by atoms with E-state index in [1.807, 2.05) is 0 Å². The van der Waals surface area contributed by atoms with Crippen LogP contribution in [0.2, 0.25) is 0 Å². The van der Waals surface area contributed by atoms with Crippen LogP contribution in [0.1, 0.15) is 0 Å². The van der Waals surface area contributed by atoms with Gasteiger partial charge in [0.25, 0.3) is 0 Å². The Labute approximate surface area is 53.8 Å². The van der Waals surface area contributed by atoms with Crippen LogP contribution in [0.15, 0.2) is 10.9 Å². The van der Waals surface area contributed by atoms with Crippen molar-refractivity contribution in [1.82, 2.24) is 0 Å². The number of hydrogen-bond acceptors (Lipinski definition) is 3. The summed E-state index contributed by atoms with van der Waals surface area (Å²) in [6.45, 7) is 0. The van der Waals surface area contributed by atoms with Gasteiger partial charge in [0.15, 0.2) is 0 Å². The lowest BCUT2D eigenvalue weighted by atomic mass is 11.1. The normalized spacial score (nSPS) is 35.5. The SMILES string of the molecule is O=P1(O)OC=C(Br)O1. The van der Waals surface area contributed by atoms with Crippen molar-refractivity contribution in [3.63, 3.8) is 0 Å². The van der Waals surface area contributed by atoms with Crippen LogP contribution in [-0.2, 0) is 13.6 Å². The summed E-state index contributed by atoms with van der Waals surface area (Å²) in [4.78, 5) is 8.39. The van der Waals surface area contributed by atoms with Gasteiger partial charge in [-0.1, -0.05) is 0 Å². The number of phosphoric acid groups is 1. The number of halogens is 1. The molecule has 4 nitrogen and oxygen atoms in total. The van der Waals surface area contributed by atoms with Crippen molar-refractivity contribution in [1.29, 1.82) is 0 Å². The molecule has 1 unspecified atom stereocenters. The van der Waals surface area contributed by atoms with E-state index in [0.717, 1.165) is 6.26 Å². The van der Waals surface area contributed by atoms with Gasteiger partial charge < -0.3 is 9.05 Å². The first kappa shape index (κ1) is 6.13. The van der Waals surface area contributed by atoms with Crippen LogP contribution < -0.4 is 0 Å². The van der Waals surface area contributed by atoms with Crippen molar-refractivity contribution in [3.05, 3.63) is 10.9 Å². The minimum Gasteiger partial charge on any atom is -0.399 e. The fourth-order valence-corrected chi connectivity index (χ4v) is 1.58. The Bertz CT molecular complexity index is 175. The molecule has 1 N–H and O–H groups in total. The average Bonchev–Trinajstić information content (AvgIpc) is 1.82. The lowest BCUT2D eigenvalue weighted by Gasteiger charge is -1.97. The van der Waals surface area contributed by atoms with Crippen molar-refractivity contribution in [2.24, 2.45) is 0 Å². The highest BCUT2D eigenvalue weighted by molar-refractivity contribution is 9.11. The maximum absolute atomic E-state index is 10.3. The average molecular weight is 201 g/mol. The Morgan fingerprint density at radius 1 is 1.88 bits per heavy atom. The lowest BCUT2D eigenvalue weighted by Crippen LogP contribution is -1.74. The molecule has 0 aromatic carbocycles. The molecule has 0 saturated heterocycles. The van der Waals surface area contributed by atoms with E-state index in [-0.39, 0.29) is 4.67 Å². The molecule has 1 heterocycles. The molecule has 0 amide bonds. The molecule has 6 heteroatoms. The second-order valence-corrected chi connectivity index (χ2v) is 3.20. The third-order valence-electron chi connectivity index (χ3n) is 0.481. The third-order valence-corrected chi connectivity index (χ3v) is 1.88. The molecule has 46 valence electrons. The molecular weight excluding hydrogens is 199 g/mol. The van der Waals surface area contributed by atoms with E-state index in [2.05, 4.69) is 25.0 Å². The summed E-state index contributed by atoms with van der Waals surface area (Å²) in [6, 6.07) is 0. The summed E-state index contributed by atoms with van der Waals surface area (Å²) in [5.74, 6) is 0. The van der Waals surface area contributed by atoms with Gasteiger partial charge in [-0.2, -0.15) is 0 Å². The zero-order valence-electron chi connectivity index (χ0n) is 3.57. The number of rotatable bonds is 0. The second kappa shape index (κ2) is 1.76. The molecule has 1 aliphatic rings. The van der Waals surface area contributed by atoms with Crippen molar-refractivity contribution in [3.8, 4) is 0 Å². The van der Waals surface area contributed by atoms with E-state index in [4.69, 9.17) is 4.89 Å². The second-order valence-electron chi connectivity index (χ2n) is 1.09. The summed E-state index contributed by atoms with van der Waals surface area (Å²) < 4.78 is 18.7. The molecule has 0 aromatic heterocycles. The van der Waals surface area contributed by atoms with Crippen LogP contribution in [0.3, 0.4) is 0 Å². The quantitative estimate of drug-likeness (QED) is 0.600. The monoisotopic (exact) mass is 200 g/mol. The summed E-state index contributed by atoms with van der Waals surface area (Å²) in [7, 11) is -3.74. The van der Waals surface area contributed by atoms with Gasteiger partial charge >= 0.3 is 7.82 Å². The van der Waals surface area contributed by atoms with Gasteiger partial charge in [0.05, 0.1) is 0 Å². The van der Waals surface area contributed by atoms with Gasteiger partial charge in [0.2, 0.25) is 4.67 Å². The van der Waals surface area contributed by atoms with Crippen molar-refractivity contribution in [2.75, 3.05) is 0 Å². The molecule has 0 saturated carbocycles. The standard InChI is InChI=1S/C2H2BrO4P/c3-2-1-6-8(4,5)7-2/h1H,(H,4,5). The highest BCUT2D eigenvalue weighted by Crippen LogP contribution is 2.51. The maximum atomic E-state index is 10.3. The molecule has 1 atom stereocenters. The molecule has 0 spiro atoms. The van der Waals surface area contributed by atoms with E-state index >= 15 is 0 Å². The molecule has 0 aliphatic carbocycles. The smallest absolute Gasteiger partial charge is 0.399 e. The zero-order chi connectivity index (χ0) is 6.20. The Kier molecular flexibility index (Phi) is 1.35. The van der Waals surface area contributed by atoms with Gasteiger partial charge in [0, 0.05) is 0 Å². The highest BCUT2D eigenvalue weighted by atomic mass is 79.9. The van der Waals surface area contributed by atoms with E-state index in [9.17, 15) is 4.57 Å². The van der Waals surface area contributed by atoms with Gasteiger partial charge in [0.1, 0.15) is 6.26 Å². The van der Waals surface area contributed by atoms with Crippen LogP contribution in [0.4, 0.5) is 0 Å². The molecular formula is C2H2BrO4P. The van der Waals surface area contributed by atoms with E-state index in [0.29, 0.717) is 0 Å². The Morgan fingerprint density at radius 3 is 2.62 bits per heavy atom. The minimum absolute atomic E-state index is 0.142. The van der Waals surface area contributed by atoms with E-state index in [1.54, 1.807) is 0 Å². The maximum Gasteiger partial charge on any atom is 0.585 e. The first-order valence-electron chi connectivity index (χ1n) is 1.67. The van der Waals surface area contributed by atoms with E-state index in [1.165, 1.54) is 0 Å². The van der Waals surface area contributed by atoms with Crippen molar-refractivity contribution >= 4 is 23.8 Å². The number of phosphoric ester groups is 1. The lowest BCUT2D eigenvalue weighted by molar-refractivity contribution is 0.276. The third kappa shape index (κ3) is 1.24. The molecule has 1 rings (SSSR count). The first-order chi connectivity index (χ1) is 3.60. The summed E-state index contributed by atoms with van der Waals surface area (Å²) >= 11 is 2.80. The molecule has 0 aromatic rings. The Balaban J connectivity index is 2.69. The van der Waals surface area contributed by atoms with Gasteiger partial charge in [-0.05, 0) is 15.9 Å². The van der Waals surface area contributed by atoms with Crippen LogP contribution in [0, 0.1) is 0 Å². The topological polar surface area (TPSA) is 55.8 Å². The fourth-order valence-electron chi connectivity index (χ4n) is 0.261. The van der Waals surface area contributed by atoms with Crippen molar-refractivity contribution < 1.29 is 18.5 Å². The fraction of sp³-hybridized carbons (Fsp3) is 0. The van der Waals surface area contributed by atoms with Gasteiger partial charge in [-0.3, -0.25) is 4.89 Å². The molecule has 0 fully saturated rings. The predicted octanol–water partition coefficient (Wildman–Crippen LogP) is 1.33. The Hall–Kier alpha value is 0.01000. The largest absolute Gasteiger partial charge is 0.585 e. The zero-order valence-corrected chi connectivity index (χ0v) is 6.05. The van der Waals surface area contributed by atoms with E-state index < -0.39 is 7.82 Å². The van der Waals surface area contributed by atoms with Crippen LogP contribution in [0.25, 0.3) is 0 Å². The van der Waals surface area contributed by atoms with Gasteiger partial charge in [-0.25, -0.2) is 4.57 Å². The molecule has 1 aliphatic heterocycles. The van der Waals surface area contributed by atoms with Crippen LogP contribution in [-0.4, -0.2) is 4.89 Å². The summed E-state index contributed by atoms with van der Waals surface area (Å²) in [5.41, 5.74) is 0. The summed E-state index contributed by atoms with van der Waals surface area (Å²) in [5, 5.41) is 0. The summed E-state index contributed by atoms with van der Waals surface area (Å²) in [6.07, 6.45) is 1.03. The minimum atomic E-state index is -3.74. The number of hydrogen-bond donors (Lipinski definition) is 1. The molecule has 0 radical (unpaired) electrons. The van der Waals surface area contributed by atoms with Crippen LogP contribution in [0.5, 0.6) is 0 Å².